The van der Waals surface area contributed by atoms with Crippen LogP contribution in [0.4, 0.5) is 15.8 Å². The Morgan fingerprint density at radius 1 is 1.06 bits per heavy atom. The van der Waals surface area contributed by atoms with Crippen LogP contribution in [0.1, 0.15) is 0 Å². The Morgan fingerprint density at radius 2 is 1.88 bits per heavy atom. The second-order valence-corrected chi connectivity index (χ2v) is 3.77. The van der Waals surface area contributed by atoms with Crippen molar-refractivity contribution in [1.82, 2.24) is 9.97 Å². The van der Waals surface area contributed by atoms with E-state index in [0.29, 0.717) is 0 Å². The summed E-state index contributed by atoms with van der Waals surface area (Å²) in [5.41, 5.74) is 2.57. The van der Waals surface area contributed by atoms with Crippen LogP contribution >= 0.6 is 0 Å². The highest BCUT2D eigenvalue weighted by Gasteiger charge is 1.99. The molecule has 3 rings (SSSR count). The first-order chi connectivity index (χ1) is 8.31. The maximum Gasteiger partial charge on any atom is 0.137 e. The monoisotopic (exact) mass is 227 g/mol. The molecule has 0 aliphatic rings. The molecule has 2 heterocycles. The first-order valence-corrected chi connectivity index (χ1v) is 5.27. The number of nitrogens with zero attached hydrogens (tertiary/aromatic N) is 1. The van der Waals surface area contributed by atoms with Gasteiger partial charge in [-0.05, 0) is 36.4 Å². The van der Waals surface area contributed by atoms with Crippen molar-refractivity contribution in [2.45, 2.75) is 0 Å². The van der Waals surface area contributed by atoms with E-state index in [-0.39, 0.29) is 5.82 Å². The second-order valence-electron chi connectivity index (χ2n) is 3.77. The summed E-state index contributed by atoms with van der Waals surface area (Å²) in [4.78, 5) is 7.29. The van der Waals surface area contributed by atoms with Crippen LogP contribution in [0, 0.1) is 5.82 Å². The van der Waals surface area contributed by atoms with Gasteiger partial charge in [-0.3, -0.25) is 0 Å². The van der Waals surface area contributed by atoms with Gasteiger partial charge in [0.25, 0.3) is 0 Å². The lowest BCUT2D eigenvalue weighted by Crippen LogP contribution is -1.91. The summed E-state index contributed by atoms with van der Waals surface area (Å²) in [6, 6.07) is 10.2. The van der Waals surface area contributed by atoms with Gasteiger partial charge in [-0.25, -0.2) is 9.37 Å². The molecule has 0 unspecified atom stereocenters. The highest BCUT2D eigenvalue weighted by Crippen LogP contribution is 2.19. The molecule has 17 heavy (non-hydrogen) atoms. The molecule has 4 heteroatoms. The van der Waals surface area contributed by atoms with Crippen molar-refractivity contribution in [2.75, 3.05) is 5.32 Å². The van der Waals surface area contributed by atoms with Crippen LogP contribution in [0.25, 0.3) is 11.0 Å². The first-order valence-electron chi connectivity index (χ1n) is 5.27. The largest absolute Gasteiger partial charge is 0.354 e. The Labute approximate surface area is 97.3 Å². The Kier molecular flexibility index (Phi) is 2.26. The lowest BCUT2D eigenvalue weighted by atomic mass is 10.2. The molecule has 0 saturated heterocycles. The smallest absolute Gasteiger partial charge is 0.137 e. The molecule has 2 N–H and O–H groups in total. The Hall–Kier alpha value is -2.36. The second kappa shape index (κ2) is 3.90. The number of H-pyrrole nitrogens is 1. The molecule has 0 atom stereocenters. The number of hydrogen-bond donors (Lipinski definition) is 2. The van der Waals surface area contributed by atoms with Crippen LogP contribution < -0.4 is 5.32 Å². The minimum atomic E-state index is -0.241. The van der Waals surface area contributed by atoms with Gasteiger partial charge in [0.2, 0.25) is 0 Å². The molecule has 0 aliphatic carbocycles. The van der Waals surface area contributed by atoms with Gasteiger partial charge in [0.1, 0.15) is 11.5 Å². The number of anilines is 2. The molecule has 0 radical (unpaired) electrons. The van der Waals surface area contributed by atoms with Crippen LogP contribution in [0.3, 0.4) is 0 Å². The fraction of sp³-hybridized carbons (Fsp3) is 0. The minimum absolute atomic E-state index is 0.241. The molecule has 3 aromatic rings. The number of rotatable bonds is 2. The fourth-order valence-corrected chi connectivity index (χ4v) is 1.71. The average Bonchev–Trinajstić information content (AvgIpc) is 2.79. The van der Waals surface area contributed by atoms with Crippen molar-refractivity contribution < 1.29 is 4.39 Å². The van der Waals surface area contributed by atoms with E-state index in [9.17, 15) is 4.39 Å². The van der Waals surface area contributed by atoms with Crippen molar-refractivity contribution in [3.63, 3.8) is 0 Å². The Bertz CT molecular complexity index is 643. The summed E-state index contributed by atoms with van der Waals surface area (Å²) >= 11 is 0. The van der Waals surface area contributed by atoms with E-state index in [0.717, 1.165) is 22.4 Å². The highest BCUT2D eigenvalue weighted by molar-refractivity contribution is 5.80. The lowest BCUT2D eigenvalue weighted by Gasteiger charge is -2.05. The van der Waals surface area contributed by atoms with Gasteiger partial charge in [-0.1, -0.05) is 0 Å². The molecule has 0 fully saturated rings. The number of aromatic nitrogens is 2. The van der Waals surface area contributed by atoms with E-state index in [1.54, 1.807) is 18.3 Å². The SMILES string of the molecule is Fc1ccc(Nc2cnc3[nH]ccc3c2)cc1. The summed E-state index contributed by atoms with van der Waals surface area (Å²) in [5, 5.41) is 4.21. The van der Waals surface area contributed by atoms with Crippen molar-refractivity contribution in [2.24, 2.45) is 0 Å². The molecular weight excluding hydrogens is 217 g/mol. The third-order valence-electron chi connectivity index (χ3n) is 2.53. The summed E-state index contributed by atoms with van der Waals surface area (Å²) in [5.74, 6) is -0.241. The van der Waals surface area contributed by atoms with E-state index in [1.807, 2.05) is 18.3 Å². The van der Waals surface area contributed by atoms with Gasteiger partial charge in [-0.2, -0.15) is 0 Å². The van der Waals surface area contributed by atoms with Crippen LogP contribution in [0.5, 0.6) is 0 Å². The molecule has 0 aliphatic heterocycles. The van der Waals surface area contributed by atoms with Gasteiger partial charge < -0.3 is 10.3 Å². The van der Waals surface area contributed by atoms with Crippen molar-refractivity contribution in [3.05, 3.63) is 54.6 Å². The molecule has 0 amide bonds. The number of hydrogen-bond acceptors (Lipinski definition) is 2. The number of benzene rings is 1. The predicted molar refractivity (Wildman–Crippen MR) is 65.8 cm³/mol. The summed E-state index contributed by atoms with van der Waals surface area (Å²) in [7, 11) is 0. The molecule has 0 saturated carbocycles. The van der Waals surface area contributed by atoms with Gasteiger partial charge in [0.05, 0.1) is 11.9 Å². The van der Waals surface area contributed by atoms with Crippen LogP contribution in [0.15, 0.2) is 48.8 Å². The quantitative estimate of drug-likeness (QED) is 0.704. The number of halogens is 1. The van der Waals surface area contributed by atoms with Crippen molar-refractivity contribution in [1.29, 1.82) is 0 Å². The van der Waals surface area contributed by atoms with Crippen molar-refractivity contribution >= 4 is 22.4 Å². The zero-order chi connectivity index (χ0) is 11.7. The normalized spacial score (nSPS) is 10.6. The van der Waals surface area contributed by atoms with Crippen molar-refractivity contribution in [3.8, 4) is 0 Å². The average molecular weight is 227 g/mol. The number of nitrogens with one attached hydrogen (secondary N) is 2. The predicted octanol–water partition coefficient (Wildman–Crippen LogP) is 3.45. The van der Waals surface area contributed by atoms with Gasteiger partial charge >= 0.3 is 0 Å². The Morgan fingerprint density at radius 3 is 2.71 bits per heavy atom. The van der Waals surface area contributed by atoms with E-state index >= 15 is 0 Å². The zero-order valence-corrected chi connectivity index (χ0v) is 8.94. The number of aromatic amines is 1. The third kappa shape index (κ3) is 1.97. The third-order valence-corrected chi connectivity index (χ3v) is 2.53. The van der Waals surface area contributed by atoms with E-state index in [2.05, 4.69) is 15.3 Å². The molecule has 0 bridgehead atoms. The van der Waals surface area contributed by atoms with E-state index < -0.39 is 0 Å². The van der Waals surface area contributed by atoms with Gasteiger partial charge in [-0.15, -0.1) is 0 Å². The van der Waals surface area contributed by atoms with Gasteiger partial charge in [0.15, 0.2) is 0 Å². The topological polar surface area (TPSA) is 40.7 Å². The summed E-state index contributed by atoms with van der Waals surface area (Å²) < 4.78 is 12.7. The maximum absolute atomic E-state index is 12.7. The van der Waals surface area contributed by atoms with Gasteiger partial charge in [0, 0.05) is 17.3 Å². The summed E-state index contributed by atoms with van der Waals surface area (Å²) in [6.45, 7) is 0. The highest BCUT2D eigenvalue weighted by atomic mass is 19.1. The van der Waals surface area contributed by atoms with E-state index in [1.165, 1.54) is 12.1 Å². The van der Waals surface area contributed by atoms with E-state index in [4.69, 9.17) is 0 Å². The molecule has 0 spiro atoms. The minimum Gasteiger partial charge on any atom is -0.354 e. The lowest BCUT2D eigenvalue weighted by molar-refractivity contribution is 0.628. The van der Waals surface area contributed by atoms with Crippen LogP contribution in [-0.4, -0.2) is 9.97 Å². The molecule has 1 aromatic carbocycles. The standard InChI is InChI=1S/C13H10FN3/c14-10-1-3-11(4-2-10)17-12-7-9-5-6-15-13(9)16-8-12/h1-8,17H,(H,15,16). The Balaban J connectivity index is 1.91. The van der Waals surface area contributed by atoms with Crippen LogP contribution in [-0.2, 0) is 0 Å². The number of pyridine rings is 1. The number of fused-ring (bicyclic) bond motifs is 1. The fourth-order valence-electron chi connectivity index (χ4n) is 1.71. The van der Waals surface area contributed by atoms with Crippen LogP contribution in [0.2, 0.25) is 0 Å². The molecular formula is C13H10FN3. The molecule has 3 nitrogen and oxygen atoms in total. The maximum atomic E-state index is 12.7. The summed E-state index contributed by atoms with van der Waals surface area (Å²) in [6.07, 6.45) is 3.58. The zero-order valence-electron chi connectivity index (χ0n) is 8.94. The first kappa shape index (κ1) is 9.84. The molecule has 84 valence electrons. The molecule has 2 aromatic heterocycles.